The first-order valence-corrected chi connectivity index (χ1v) is 16.5. The molecule has 7 aromatic rings. The molecule has 0 aliphatic carbocycles. The van der Waals surface area contributed by atoms with E-state index in [0.29, 0.717) is 0 Å². The van der Waals surface area contributed by atoms with Crippen molar-refractivity contribution in [3.63, 3.8) is 0 Å². The van der Waals surface area contributed by atoms with Crippen LogP contribution in [0.2, 0.25) is 0 Å². The van der Waals surface area contributed by atoms with Gasteiger partial charge in [0.1, 0.15) is 0 Å². The standard InChI is InChI=1S/C38H26N4.C6H4NO2.Au/c1-4-10-25(11-5-1)36-30-18-16-28(39-30)24-29-17-19-31(40-29)37(26-12-6-2-7-13-26)33-21-23-35(42-33)38(27-14-8-3-9-15-27)34-22-20-32(36)41-34;8-7(9)6-4-2-1-3-5-6;/h1-24,39,42H;1-2,4-5H;/q;-1;+1. The number of hydrogen-bond acceptors (Lipinski definition) is 4. The van der Waals surface area contributed by atoms with E-state index in [9.17, 15) is 10.1 Å². The zero-order valence-corrected chi connectivity index (χ0v) is 29.8. The van der Waals surface area contributed by atoms with Gasteiger partial charge in [-0.3, -0.25) is 10.1 Å². The second-order valence-electron chi connectivity index (χ2n) is 12.0. The van der Waals surface area contributed by atoms with Crippen molar-refractivity contribution < 1.29 is 27.3 Å². The van der Waals surface area contributed by atoms with Crippen molar-refractivity contribution >= 4 is 52.1 Å². The summed E-state index contributed by atoms with van der Waals surface area (Å²) >= 11 is 0. The predicted octanol–water partition coefficient (Wildman–Crippen LogP) is 11.0. The van der Waals surface area contributed by atoms with E-state index in [-0.39, 0.29) is 28.1 Å². The summed E-state index contributed by atoms with van der Waals surface area (Å²) in [6.45, 7) is 0. The summed E-state index contributed by atoms with van der Waals surface area (Å²) in [5.41, 5.74) is 14.2. The topological polar surface area (TPSA) is 101 Å². The maximum atomic E-state index is 9.99. The molecule has 2 aliphatic rings. The smallest absolute Gasteiger partial charge is 0.355 e. The van der Waals surface area contributed by atoms with Gasteiger partial charge in [-0.25, -0.2) is 9.97 Å². The monoisotopic (exact) mass is 857 g/mol. The van der Waals surface area contributed by atoms with E-state index >= 15 is 0 Å². The Morgan fingerprint density at radius 2 is 1.02 bits per heavy atom. The molecule has 0 unspecified atom stereocenters. The molecule has 0 fully saturated rings. The van der Waals surface area contributed by atoms with Gasteiger partial charge < -0.3 is 9.97 Å². The molecule has 9 rings (SSSR count). The van der Waals surface area contributed by atoms with Gasteiger partial charge in [0.15, 0.2) is 5.69 Å². The van der Waals surface area contributed by atoms with Gasteiger partial charge in [-0.2, -0.15) is 18.2 Å². The van der Waals surface area contributed by atoms with Crippen LogP contribution in [0.25, 0.3) is 79.8 Å². The van der Waals surface area contributed by atoms with Crippen LogP contribution in [-0.4, -0.2) is 24.9 Å². The molecule has 2 N–H and O–H groups in total. The number of benzene rings is 4. The van der Waals surface area contributed by atoms with Gasteiger partial charge >= 0.3 is 22.4 Å². The molecule has 7 nitrogen and oxygen atoms in total. The molecule has 0 amide bonds. The van der Waals surface area contributed by atoms with Gasteiger partial charge in [0.25, 0.3) is 0 Å². The van der Waals surface area contributed by atoms with Gasteiger partial charge in [-0.05, 0) is 71.3 Å². The summed E-state index contributed by atoms with van der Waals surface area (Å²) in [6.07, 6.45) is 8.43. The van der Waals surface area contributed by atoms with E-state index in [2.05, 4.69) is 143 Å². The van der Waals surface area contributed by atoms with Crippen LogP contribution in [-0.2, 0) is 22.4 Å². The number of nitro groups is 1. The Hall–Kier alpha value is -6.38. The van der Waals surface area contributed by atoms with Crippen LogP contribution in [0.4, 0.5) is 5.69 Å². The molecule has 0 spiro atoms. The molecule has 8 bridgehead atoms. The van der Waals surface area contributed by atoms with E-state index < -0.39 is 4.92 Å². The molecule has 52 heavy (non-hydrogen) atoms. The number of aromatic amines is 2. The molecule has 8 heteroatoms. The van der Waals surface area contributed by atoms with Crippen molar-refractivity contribution in [3.05, 3.63) is 185 Å². The van der Waals surface area contributed by atoms with E-state index in [0.717, 1.165) is 78.2 Å². The van der Waals surface area contributed by atoms with Crippen molar-refractivity contribution in [2.45, 2.75) is 0 Å². The van der Waals surface area contributed by atoms with E-state index in [1.165, 1.54) is 12.1 Å². The van der Waals surface area contributed by atoms with Crippen LogP contribution < -0.4 is 0 Å². The number of hydrogen-bond donors (Lipinski definition) is 2. The molecule has 254 valence electrons. The first-order chi connectivity index (χ1) is 25.1. The molecule has 3 aromatic heterocycles. The van der Waals surface area contributed by atoms with Crippen molar-refractivity contribution in [2.75, 3.05) is 0 Å². The number of nitro benzene ring substituents is 1. The van der Waals surface area contributed by atoms with Crippen molar-refractivity contribution in [1.29, 1.82) is 0 Å². The van der Waals surface area contributed by atoms with Gasteiger partial charge in [0.05, 0.1) is 22.8 Å². The van der Waals surface area contributed by atoms with Crippen molar-refractivity contribution in [2.24, 2.45) is 0 Å². The first-order valence-electron chi connectivity index (χ1n) is 16.5. The average molecular weight is 858 g/mol. The van der Waals surface area contributed by atoms with Crippen LogP contribution in [0.5, 0.6) is 0 Å². The normalized spacial score (nSPS) is 11.3. The SMILES string of the molecule is C1=Cc2nc1cc1ccc([nH]1)c(-c1ccccc1)c1nc(c(-c3ccccc3)c3ccc([nH]3)c2-c2ccccc2)C=C1.O=[N+]([O-])c1c[c-]ccc1.[Au+]. The summed E-state index contributed by atoms with van der Waals surface area (Å²) in [5, 5.41) is 9.99. The fourth-order valence-corrected chi connectivity index (χ4v) is 6.36. The van der Waals surface area contributed by atoms with Crippen molar-refractivity contribution in [1.82, 2.24) is 19.9 Å². The minimum absolute atomic E-state index is 0. The minimum atomic E-state index is -0.448. The molecular formula is C44H30AuN5O2. The number of nitrogens with one attached hydrogen (secondary N) is 2. The van der Waals surface area contributed by atoms with Gasteiger partial charge in [0.2, 0.25) is 0 Å². The maximum Gasteiger partial charge on any atom is 1.00 e. The second-order valence-corrected chi connectivity index (χ2v) is 12.0. The van der Waals surface area contributed by atoms with Gasteiger partial charge in [-0.15, -0.1) is 6.07 Å². The molecule has 0 atom stereocenters. The maximum absolute atomic E-state index is 9.99. The molecular weight excluding hydrogens is 827 g/mol. The summed E-state index contributed by atoms with van der Waals surface area (Å²) < 4.78 is 0. The molecule has 0 radical (unpaired) electrons. The fraction of sp³-hybridized carbons (Fsp3) is 0. The van der Waals surface area contributed by atoms with Crippen LogP contribution in [0.1, 0.15) is 22.8 Å². The number of H-pyrrole nitrogens is 2. The third-order valence-corrected chi connectivity index (χ3v) is 8.66. The number of fused-ring (bicyclic) bond motifs is 8. The number of rotatable bonds is 4. The van der Waals surface area contributed by atoms with E-state index in [1.54, 1.807) is 12.1 Å². The van der Waals surface area contributed by atoms with Crippen LogP contribution in [0.15, 0.2) is 146 Å². The Morgan fingerprint density at radius 3 is 1.50 bits per heavy atom. The zero-order valence-electron chi connectivity index (χ0n) is 27.6. The van der Waals surface area contributed by atoms with E-state index in [1.807, 2.05) is 18.2 Å². The molecule has 4 aromatic carbocycles. The minimum Gasteiger partial charge on any atom is -0.355 e. The van der Waals surface area contributed by atoms with E-state index in [4.69, 9.17) is 9.97 Å². The van der Waals surface area contributed by atoms with Crippen molar-refractivity contribution in [3.8, 4) is 33.4 Å². The summed E-state index contributed by atoms with van der Waals surface area (Å²) in [6, 6.07) is 50.6. The third-order valence-electron chi connectivity index (χ3n) is 8.66. The molecule has 2 aliphatic heterocycles. The van der Waals surface area contributed by atoms with Gasteiger partial charge in [-0.1, -0.05) is 97.1 Å². The third kappa shape index (κ3) is 7.10. The Bertz CT molecular complexity index is 2560. The average Bonchev–Trinajstić information content (AvgIpc) is 4.01. The fourth-order valence-electron chi connectivity index (χ4n) is 6.36. The summed E-state index contributed by atoms with van der Waals surface area (Å²) in [5.74, 6) is 0. The Morgan fingerprint density at radius 1 is 0.538 bits per heavy atom. The van der Waals surface area contributed by atoms with Gasteiger partial charge in [0, 0.05) is 43.7 Å². The Balaban J connectivity index is 0.000000370. The van der Waals surface area contributed by atoms with Crippen LogP contribution >= 0.6 is 0 Å². The number of aromatic nitrogens is 4. The van der Waals surface area contributed by atoms with Crippen LogP contribution in [0, 0.1) is 16.2 Å². The molecule has 0 saturated heterocycles. The largest absolute Gasteiger partial charge is 1.00 e. The Kier molecular flexibility index (Phi) is 9.99. The zero-order chi connectivity index (χ0) is 34.6. The summed E-state index contributed by atoms with van der Waals surface area (Å²) in [4.78, 5) is 27.3. The number of non-ortho nitro benzene ring substituents is 1. The molecule has 0 saturated carbocycles. The quantitative estimate of drug-likeness (QED) is 0.0797. The predicted molar refractivity (Wildman–Crippen MR) is 207 cm³/mol. The first kappa shape index (κ1) is 34.1. The molecule has 5 heterocycles. The summed E-state index contributed by atoms with van der Waals surface area (Å²) in [7, 11) is 0. The number of nitrogens with zero attached hydrogens (tertiary/aromatic N) is 3. The van der Waals surface area contributed by atoms with Crippen LogP contribution in [0.3, 0.4) is 0 Å². The Labute approximate surface area is 315 Å². The second kappa shape index (κ2) is 15.2.